The summed E-state index contributed by atoms with van der Waals surface area (Å²) in [5, 5.41) is 3.12. The van der Waals surface area contributed by atoms with Crippen LogP contribution >= 0.6 is 12.4 Å². The van der Waals surface area contributed by atoms with Gasteiger partial charge in [-0.25, -0.2) is 0 Å². The van der Waals surface area contributed by atoms with E-state index in [9.17, 15) is 13.2 Å². The molecule has 0 radical (unpaired) electrons. The molecule has 1 aliphatic rings. The number of alkyl halides is 3. The number of nitrogens with zero attached hydrogens (tertiary/aromatic N) is 1. The lowest BCUT2D eigenvalue weighted by Gasteiger charge is -2.11. The van der Waals surface area contributed by atoms with E-state index >= 15 is 0 Å². The molecule has 1 aromatic heterocycles. The molecule has 1 aliphatic heterocycles. The van der Waals surface area contributed by atoms with Gasteiger partial charge in [-0.15, -0.1) is 12.4 Å². The van der Waals surface area contributed by atoms with Gasteiger partial charge in [0.05, 0.1) is 5.56 Å². The lowest BCUT2D eigenvalue weighted by molar-refractivity contribution is -0.137. The van der Waals surface area contributed by atoms with Gasteiger partial charge in [-0.1, -0.05) is 0 Å². The van der Waals surface area contributed by atoms with E-state index in [-0.39, 0.29) is 18.3 Å². The fourth-order valence-corrected chi connectivity index (χ4v) is 1.78. The highest BCUT2D eigenvalue weighted by atomic mass is 35.5. The smallest absolute Gasteiger partial charge is 0.316 e. The fourth-order valence-electron chi connectivity index (χ4n) is 1.78. The van der Waals surface area contributed by atoms with Crippen molar-refractivity contribution in [3.05, 3.63) is 29.6 Å². The Bertz CT molecular complexity index is 348. The summed E-state index contributed by atoms with van der Waals surface area (Å²) in [7, 11) is 0. The highest BCUT2D eigenvalue weighted by Crippen LogP contribution is 2.31. The summed E-state index contributed by atoms with van der Waals surface area (Å²) < 4.78 is 37.2. The first kappa shape index (κ1) is 13.3. The molecule has 0 bridgehead atoms. The van der Waals surface area contributed by atoms with Crippen molar-refractivity contribution in [1.29, 1.82) is 0 Å². The zero-order valence-electron chi connectivity index (χ0n) is 8.42. The van der Waals surface area contributed by atoms with E-state index in [0.29, 0.717) is 5.56 Å². The SMILES string of the molecule is Cl.FC(F)(F)c1cncc(C2CCNC2)c1. The summed E-state index contributed by atoms with van der Waals surface area (Å²) >= 11 is 0. The predicted molar refractivity (Wildman–Crippen MR) is 56.7 cm³/mol. The van der Waals surface area contributed by atoms with Gasteiger partial charge in [-0.3, -0.25) is 4.98 Å². The maximum absolute atomic E-state index is 12.4. The van der Waals surface area contributed by atoms with Crippen molar-refractivity contribution >= 4 is 12.4 Å². The first-order chi connectivity index (χ1) is 7.07. The van der Waals surface area contributed by atoms with Gasteiger partial charge in [0.15, 0.2) is 0 Å². The third-order valence-corrected chi connectivity index (χ3v) is 2.62. The number of halogens is 4. The summed E-state index contributed by atoms with van der Waals surface area (Å²) in [5.41, 5.74) is 0.0155. The molecule has 0 saturated carbocycles. The van der Waals surface area contributed by atoms with Crippen molar-refractivity contribution in [3.8, 4) is 0 Å². The van der Waals surface area contributed by atoms with E-state index < -0.39 is 11.7 Å². The Morgan fingerprint density at radius 1 is 1.31 bits per heavy atom. The average Bonchev–Trinajstić information content (AvgIpc) is 2.69. The van der Waals surface area contributed by atoms with Gasteiger partial charge in [0.25, 0.3) is 0 Å². The summed E-state index contributed by atoms with van der Waals surface area (Å²) in [6, 6.07) is 1.20. The Balaban J connectivity index is 0.00000128. The van der Waals surface area contributed by atoms with Gasteiger partial charge in [-0.2, -0.15) is 13.2 Å². The molecule has 1 saturated heterocycles. The maximum atomic E-state index is 12.4. The van der Waals surface area contributed by atoms with E-state index in [1.165, 1.54) is 12.3 Å². The number of hydrogen-bond donors (Lipinski definition) is 1. The van der Waals surface area contributed by atoms with E-state index in [0.717, 1.165) is 25.7 Å². The molecule has 0 aromatic carbocycles. The van der Waals surface area contributed by atoms with Crippen molar-refractivity contribution in [2.45, 2.75) is 18.5 Å². The highest BCUT2D eigenvalue weighted by molar-refractivity contribution is 5.85. The van der Waals surface area contributed by atoms with Crippen LogP contribution in [0.5, 0.6) is 0 Å². The predicted octanol–water partition coefficient (Wildman–Crippen LogP) is 2.60. The zero-order valence-corrected chi connectivity index (χ0v) is 9.24. The first-order valence-electron chi connectivity index (χ1n) is 4.80. The van der Waals surface area contributed by atoms with Crippen LogP contribution in [0.15, 0.2) is 18.5 Å². The molecule has 90 valence electrons. The van der Waals surface area contributed by atoms with Crippen LogP contribution in [0.2, 0.25) is 0 Å². The number of pyridine rings is 1. The number of aromatic nitrogens is 1. The Morgan fingerprint density at radius 2 is 2.06 bits per heavy atom. The lowest BCUT2D eigenvalue weighted by Crippen LogP contribution is -2.10. The Kier molecular flexibility index (Phi) is 4.15. The van der Waals surface area contributed by atoms with E-state index in [1.807, 2.05) is 0 Å². The van der Waals surface area contributed by atoms with Crippen LogP contribution in [0.4, 0.5) is 13.2 Å². The third kappa shape index (κ3) is 2.86. The fraction of sp³-hybridized carbons (Fsp3) is 0.500. The van der Waals surface area contributed by atoms with Crippen molar-refractivity contribution in [2.75, 3.05) is 13.1 Å². The van der Waals surface area contributed by atoms with Crippen LogP contribution < -0.4 is 5.32 Å². The van der Waals surface area contributed by atoms with Crippen LogP contribution in [-0.2, 0) is 6.18 Å². The largest absolute Gasteiger partial charge is 0.417 e. The van der Waals surface area contributed by atoms with Gasteiger partial charge in [0.2, 0.25) is 0 Å². The van der Waals surface area contributed by atoms with Crippen LogP contribution in [0, 0.1) is 0 Å². The Hall–Kier alpha value is -0.810. The van der Waals surface area contributed by atoms with Gasteiger partial charge in [-0.05, 0) is 30.5 Å². The quantitative estimate of drug-likeness (QED) is 0.831. The highest BCUT2D eigenvalue weighted by Gasteiger charge is 2.31. The molecule has 0 amide bonds. The summed E-state index contributed by atoms with van der Waals surface area (Å²) in [6.45, 7) is 1.60. The molecule has 2 rings (SSSR count). The standard InChI is InChI=1S/C10H11F3N2.ClH/c11-10(12,13)9-3-8(5-15-6-9)7-1-2-14-4-7;/h3,5-7,14H,1-2,4H2;1H. The van der Waals surface area contributed by atoms with Gasteiger partial charge in [0.1, 0.15) is 0 Å². The van der Waals surface area contributed by atoms with Crippen LogP contribution in [0.1, 0.15) is 23.5 Å². The molecule has 1 fully saturated rings. The van der Waals surface area contributed by atoms with E-state index in [1.54, 1.807) is 0 Å². The molecular formula is C10H12ClF3N2. The summed E-state index contributed by atoms with van der Waals surface area (Å²) in [5.74, 6) is 0.166. The van der Waals surface area contributed by atoms with Gasteiger partial charge >= 0.3 is 6.18 Å². The zero-order chi connectivity index (χ0) is 10.9. The van der Waals surface area contributed by atoms with Gasteiger partial charge < -0.3 is 5.32 Å². The molecular weight excluding hydrogens is 241 g/mol. The average molecular weight is 253 g/mol. The lowest BCUT2D eigenvalue weighted by atomic mass is 9.99. The molecule has 1 N–H and O–H groups in total. The first-order valence-corrected chi connectivity index (χ1v) is 4.80. The summed E-state index contributed by atoms with van der Waals surface area (Å²) in [6.07, 6.45) is -1.03. The molecule has 0 spiro atoms. The van der Waals surface area contributed by atoms with E-state index in [4.69, 9.17) is 0 Å². The van der Waals surface area contributed by atoms with Crippen LogP contribution in [-0.4, -0.2) is 18.1 Å². The van der Waals surface area contributed by atoms with E-state index in [2.05, 4.69) is 10.3 Å². The molecule has 16 heavy (non-hydrogen) atoms. The molecule has 6 heteroatoms. The summed E-state index contributed by atoms with van der Waals surface area (Å²) in [4.78, 5) is 3.65. The maximum Gasteiger partial charge on any atom is 0.417 e. The van der Waals surface area contributed by atoms with Gasteiger partial charge in [0, 0.05) is 18.9 Å². The molecule has 0 aliphatic carbocycles. The Labute approximate surface area is 97.7 Å². The van der Waals surface area contributed by atoms with Crippen LogP contribution in [0.3, 0.4) is 0 Å². The molecule has 2 nitrogen and oxygen atoms in total. The molecule has 1 unspecified atom stereocenters. The Morgan fingerprint density at radius 3 is 2.62 bits per heavy atom. The minimum absolute atomic E-state index is 0. The number of nitrogens with one attached hydrogen (secondary N) is 1. The second-order valence-electron chi connectivity index (χ2n) is 3.69. The second-order valence-corrected chi connectivity index (χ2v) is 3.69. The monoisotopic (exact) mass is 252 g/mol. The minimum atomic E-state index is -4.30. The van der Waals surface area contributed by atoms with Crippen molar-refractivity contribution in [3.63, 3.8) is 0 Å². The normalized spacial score (nSPS) is 20.6. The third-order valence-electron chi connectivity index (χ3n) is 2.62. The second kappa shape index (κ2) is 5.01. The van der Waals surface area contributed by atoms with Crippen LogP contribution in [0.25, 0.3) is 0 Å². The number of rotatable bonds is 1. The van der Waals surface area contributed by atoms with Crippen molar-refractivity contribution in [1.82, 2.24) is 10.3 Å². The minimum Gasteiger partial charge on any atom is -0.316 e. The van der Waals surface area contributed by atoms with Crippen molar-refractivity contribution < 1.29 is 13.2 Å². The van der Waals surface area contributed by atoms with Crippen molar-refractivity contribution in [2.24, 2.45) is 0 Å². The molecule has 2 heterocycles. The molecule has 1 atom stereocenters. The topological polar surface area (TPSA) is 24.9 Å². The molecule has 1 aromatic rings. The number of hydrogen-bond acceptors (Lipinski definition) is 2.